The monoisotopic (exact) mass is 449 g/mol. The van der Waals surface area contributed by atoms with Gasteiger partial charge in [-0.2, -0.15) is 0 Å². The molecule has 0 radical (unpaired) electrons. The summed E-state index contributed by atoms with van der Waals surface area (Å²) in [6, 6.07) is 19.1. The van der Waals surface area contributed by atoms with Gasteiger partial charge in [0, 0.05) is 16.8 Å². The van der Waals surface area contributed by atoms with Crippen molar-refractivity contribution in [3.8, 4) is 17.1 Å². The van der Waals surface area contributed by atoms with Crippen LogP contribution in [-0.4, -0.2) is 22.5 Å². The molecular formula is C23H20BrN3O2. The number of H-pyrrole nitrogens is 1. The highest BCUT2D eigenvalue weighted by atomic mass is 79.9. The number of hydrogen-bond acceptors (Lipinski definition) is 3. The summed E-state index contributed by atoms with van der Waals surface area (Å²) in [7, 11) is 0. The molecule has 0 fully saturated rings. The molecule has 1 amide bonds. The summed E-state index contributed by atoms with van der Waals surface area (Å²) in [5.41, 5.74) is 5.07. The lowest BCUT2D eigenvalue weighted by molar-refractivity contribution is 0.102. The highest BCUT2D eigenvalue weighted by Crippen LogP contribution is 2.28. The maximum absolute atomic E-state index is 12.8. The van der Waals surface area contributed by atoms with E-state index in [2.05, 4.69) is 31.2 Å². The quantitative estimate of drug-likeness (QED) is 0.395. The Bertz CT molecular complexity index is 1170. The number of anilines is 1. The van der Waals surface area contributed by atoms with Crippen LogP contribution in [0.4, 0.5) is 5.69 Å². The Morgan fingerprint density at radius 1 is 1.14 bits per heavy atom. The Morgan fingerprint density at radius 2 is 1.97 bits per heavy atom. The molecule has 0 bridgehead atoms. The van der Waals surface area contributed by atoms with E-state index in [-0.39, 0.29) is 5.91 Å². The molecule has 0 saturated heterocycles. The van der Waals surface area contributed by atoms with E-state index in [0.29, 0.717) is 17.9 Å². The number of aromatic amines is 1. The van der Waals surface area contributed by atoms with Crippen LogP contribution in [0.15, 0.2) is 65.1 Å². The first-order valence-electron chi connectivity index (χ1n) is 9.34. The van der Waals surface area contributed by atoms with E-state index < -0.39 is 0 Å². The number of nitrogens with zero attached hydrogens (tertiary/aromatic N) is 1. The van der Waals surface area contributed by atoms with E-state index in [0.717, 1.165) is 38.1 Å². The van der Waals surface area contributed by atoms with Crippen molar-refractivity contribution in [2.24, 2.45) is 0 Å². The van der Waals surface area contributed by atoms with Gasteiger partial charge in [-0.1, -0.05) is 24.3 Å². The second kappa shape index (κ2) is 8.09. The first kappa shape index (κ1) is 19.2. The SMILES string of the molecule is CCOc1ccc(C(=O)Nc2cc(-c3nc4ccccc4[nH]3)ccc2C)cc1Br. The van der Waals surface area contributed by atoms with Crippen molar-refractivity contribution in [3.05, 3.63) is 76.3 Å². The number of ether oxygens (including phenoxy) is 1. The molecule has 0 aliphatic carbocycles. The number of imidazole rings is 1. The van der Waals surface area contributed by atoms with Crippen molar-refractivity contribution >= 4 is 38.6 Å². The van der Waals surface area contributed by atoms with Crippen LogP contribution >= 0.6 is 15.9 Å². The average Bonchev–Trinajstić information content (AvgIpc) is 3.15. The van der Waals surface area contributed by atoms with Gasteiger partial charge < -0.3 is 15.0 Å². The van der Waals surface area contributed by atoms with Gasteiger partial charge in [0.15, 0.2) is 0 Å². The molecule has 0 spiro atoms. The van der Waals surface area contributed by atoms with E-state index in [1.807, 2.05) is 56.3 Å². The third-order valence-corrected chi connectivity index (χ3v) is 5.26. The van der Waals surface area contributed by atoms with Crippen LogP contribution < -0.4 is 10.1 Å². The fourth-order valence-electron chi connectivity index (χ4n) is 3.10. The first-order chi connectivity index (χ1) is 14.0. The van der Waals surface area contributed by atoms with Crippen LogP contribution in [-0.2, 0) is 0 Å². The molecule has 0 saturated carbocycles. The Balaban J connectivity index is 1.61. The number of aryl methyl sites for hydroxylation is 1. The number of nitrogens with one attached hydrogen (secondary N) is 2. The molecule has 0 atom stereocenters. The van der Waals surface area contributed by atoms with Crippen LogP contribution in [0.1, 0.15) is 22.8 Å². The number of para-hydroxylation sites is 2. The summed E-state index contributed by atoms with van der Waals surface area (Å²) >= 11 is 3.46. The number of carbonyl (C=O) groups excluding carboxylic acids is 1. The standard InChI is InChI=1S/C23H20BrN3O2/c1-3-29-21-11-10-16(12-17(21)24)23(28)27-20-13-15(9-8-14(20)2)22-25-18-6-4-5-7-19(18)26-22/h4-13H,3H2,1-2H3,(H,25,26)(H,27,28). The zero-order valence-electron chi connectivity index (χ0n) is 16.1. The van der Waals surface area contributed by atoms with Crippen molar-refractivity contribution in [3.63, 3.8) is 0 Å². The second-order valence-electron chi connectivity index (χ2n) is 6.66. The Labute approximate surface area is 177 Å². The predicted molar refractivity (Wildman–Crippen MR) is 120 cm³/mol. The molecule has 5 nitrogen and oxygen atoms in total. The number of hydrogen-bond donors (Lipinski definition) is 2. The third-order valence-electron chi connectivity index (χ3n) is 4.64. The van der Waals surface area contributed by atoms with E-state index in [1.54, 1.807) is 18.2 Å². The van der Waals surface area contributed by atoms with Crippen LogP contribution in [0.3, 0.4) is 0 Å². The van der Waals surface area contributed by atoms with Crippen LogP contribution in [0.2, 0.25) is 0 Å². The number of halogens is 1. The van der Waals surface area contributed by atoms with Gasteiger partial charge in [0.05, 0.1) is 22.1 Å². The third kappa shape index (κ3) is 4.03. The average molecular weight is 450 g/mol. The van der Waals surface area contributed by atoms with Gasteiger partial charge in [-0.05, 0) is 71.7 Å². The summed E-state index contributed by atoms with van der Waals surface area (Å²) in [6.07, 6.45) is 0. The lowest BCUT2D eigenvalue weighted by Gasteiger charge is -2.11. The summed E-state index contributed by atoms with van der Waals surface area (Å²) < 4.78 is 6.26. The molecule has 2 N–H and O–H groups in total. The zero-order chi connectivity index (χ0) is 20.4. The van der Waals surface area contributed by atoms with Gasteiger partial charge in [0.25, 0.3) is 5.91 Å². The normalized spacial score (nSPS) is 10.9. The summed E-state index contributed by atoms with van der Waals surface area (Å²) in [5, 5.41) is 3.01. The fraction of sp³-hybridized carbons (Fsp3) is 0.130. The van der Waals surface area contributed by atoms with Gasteiger partial charge in [0.1, 0.15) is 11.6 Å². The van der Waals surface area contributed by atoms with E-state index in [1.165, 1.54) is 0 Å². The Hall–Kier alpha value is -3.12. The largest absolute Gasteiger partial charge is 0.493 e. The van der Waals surface area contributed by atoms with Gasteiger partial charge >= 0.3 is 0 Å². The lowest BCUT2D eigenvalue weighted by atomic mass is 10.1. The number of amides is 1. The number of fused-ring (bicyclic) bond motifs is 1. The fourth-order valence-corrected chi connectivity index (χ4v) is 3.60. The Kier molecular flexibility index (Phi) is 5.36. The highest BCUT2D eigenvalue weighted by molar-refractivity contribution is 9.10. The highest BCUT2D eigenvalue weighted by Gasteiger charge is 2.13. The first-order valence-corrected chi connectivity index (χ1v) is 10.1. The summed E-state index contributed by atoms with van der Waals surface area (Å²) in [4.78, 5) is 20.7. The molecule has 0 unspecified atom stereocenters. The minimum absolute atomic E-state index is 0.182. The Morgan fingerprint density at radius 3 is 2.72 bits per heavy atom. The van der Waals surface area contributed by atoms with Crippen LogP contribution in [0.5, 0.6) is 5.75 Å². The lowest BCUT2D eigenvalue weighted by Crippen LogP contribution is -2.13. The molecule has 29 heavy (non-hydrogen) atoms. The number of aromatic nitrogens is 2. The van der Waals surface area contributed by atoms with Crippen LogP contribution in [0, 0.1) is 6.92 Å². The number of benzene rings is 3. The van der Waals surface area contributed by atoms with Gasteiger partial charge in [-0.15, -0.1) is 0 Å². The van der Waals surface area contributed by atoms with Crippen molar-refractivity contribution in [1.29, 1.82) is 0 Å². The molecule has 1 aromatic heterocycles. The number of carbonyl (C=O) groups is 1. The van der Waals surface area contributed by atoms with E-state index >= 15 is 0 Å². The molecular weight excluding hydrogens is 430 g/mol. The molecule has 4 aromatic rings. The number of rotatable bonds is 5. The zero-order valence-corrected chi connectivity index (χ0v) is 17.7. The summed E-state index contributed by atoms with van der Waals surface area (Å²) in [6.45, 7) is 4.45. The van der Waals surface area contributed by atoms with Crippen LogP contribution in [0.25, 0.3) is 22.4 Å². The van der Waals surface area contributed by atoms with Crippen molar-refractivity contribution < 1.29 is 9.53 Å². The van der Waals surface area contributed by atoms with E-state index in [9.17, 15) is 4.79 Å². The minimum Gasteiger partial charge on any atom is -0.493 e. The molecule has 0 aliphatic heterocycles. The minimum atomic E-state index is -0.182. The van der Waals surface area contributed by atoms with Crippen molar-refractivity contribution in [1.82, 2.24) is 9.97 Å². The maximum atomic E-state index is 12.8. The van der Waals surface area contributed by atoms with E-state index in [4.69, 9.17) is 4.74 Å². The van der Waals surface area contributed by atoms with Crippen molar-refractivity contribution in [2.75, 3.05) is 11.9 Å². The summed E-state index contributed by atoms with van der Waals surface area (Å²) in [5.74, 6) is 1.30. The second-order valence-corrected chi connectivity index (χ2v) is 7.52. The molecule has 1 heterocycles. The molecule has 6 heteroatoms. The molecule has 4 rings (SSSR count). The maximum Gasteiger partial charge on any atom is 0.255 e. The van der Waals surface area contributed by atoms with Crippen molar-refractivity contribution in [2.45, 2.75) is 13.8 Å². The van der Waals surface area contributed by atoms with Gasteiger partial charge in [-0.25, -0.2) is 4.98 Å². The predicted octanol–water partition coefficient (Wildman–Crippen LogP) is 5.95. The molecule has 3 aromatic carbocycles. The topological polar surface area (TPSA) is 67.0 Å². The smallest absolute Gasteiger partial charge is 0.255 e. The van der Waals surface area contributed by atoms with Gasteiger partial charge in [0.2, 0.25) is 0 Å². The molecule has 146 valence electrons. The molecule has 0 aliphatic rings. The van der Waals surface area contributed by atoms with Gasteiger partial charge in [-0.3, -0.25) is 4.79 Å².